The van der Waals surface area contributed by atoms with Crippen molar-refractivity contribution in [1.82, 2.24) is 24.7 Å². The second kappa shape index (κ2) is 5.66. The van der Waals surface area contributed by atoms with E-state index in [1.807, 2.05) is 61.9 Å². The fraction of sp³-hybridized carbons (Fsp3) is 0.500. The van der Waals surface area contributed by atoms with Gasteiger partial charge in [0.2, 0.25) is 5.95 Å². The third-order valence-corrected chi connectivity index (χ3v) is 3.53. The number of rotatable bonds is 4. The summed E-state index contributed by atoms with van der Waals surface area (Å²) in [5, 5.41) is 9.23. The predicted octanol–water partition coefficient (Wildman–Crippen LogP) is 1.13. The van der Waals surface area contributed by atoms with Crippen molar-refractivity contribution in [2.45, 2.75) is 5.16 Å². The van der Waals surface area contributed by atoms with Crippen LogP contribution in [0, 0.1) is 0 Å². The van der Waals surface area contributed by atoms with Crippen molar-refractivity contribution in [1.29, 1.82) is 0 Å². The molecule has 0 aliphatic carbocycles. The normalized spacial score (nSPS) is 10.7. The van der Waals surface area contributed by atoms with Crippen molar-refractivity contribution in [3.8, 4) is 11.5 Å². The van der Waals surface area contributed by atoms with E-state index in [-0.39, 0.29) is 0 Å². The minimum Gasteiger partial charge on any atom is -0.363 e. The molecule has 0 spiro atoms. The number of nitrogens with zero attached hydrogens (tertiary/aromatic N) is 7. The molecule has 0 aromatic carbocycles. The molecule has 0 radical (unpaired) electrons. The average molecular weight is 293 g/mol. The van der Waals surface area contributed by atoms with Crippen molar-refractivity contribution in [2.24, 2.45) is 7.05 Å². The first-order chi connectivity index (χ1) is 9.43. The zero-order valence-corrected chi connectivity index (χ0v) is 13.4. The molecule has 8 heteroatoms. The van der Waals surface area contributed by atoms with Crippen LogP contribution in [0.5, 0.6) is 0 Å². The molecule has 0 fully saturated rings. The van der Waals surface area contributed by atoms with Gasteiger partial charge < -0.3 is 14.4 Å². The molecule has 2 aromatic heterocycles. The van der Waals surface area contributed by atoms with Crippen LogP contribution < -0.4 is 9.80 Å². The second-order valence-electron chi connectivity index (χ2n) is 4.77. The maximum atomic E-state index is 4.55. The van der Waals surface area contributed by atoms with Crippen molar-refractivity contribution >= 4 is 23.5 Å². The van der Waals surface area contributed by atoms with Crippen LogP contribution in [-0.2, 0) is 7.05 Å². The summed E-state index contributed by atoms with van der Waals surface area (Å²) in [5.74, 6) is 2.23. The lowest BCUT2D eigenvalue weighted by Gasteiger charge is -2.17. The molecule has 2 heterocycles. The summed E-state index contributed by atoms with van der Waals surface area (Å²) in [6, 6.07) is 1.92. The first kappa shape index (κ1) is 14.6. The molecule has 0 bridgehead atoms. The maximum Gasteiger partial charge on any atom is 0.227 e. The van der Waals surface area contributed by atoms with E-state index < -0.39 is 0 Å². The molecule has 108 valence electrons. The van der Waals surface area contributed by atoms with Gasteiger partial charge in [0.25, 0.3) is 0 Å². The summed E-state index contributed by atoms with van der Waals surface area (Å²) in [6.07, 6.45) is 1.98. The molecular formula is C12H19N7S. The summed E-state index contributed by atoms with van der Waals surface area (Å²) in [6.45, 7) is 0. The molecule has 0 aliphatic heterocycles. The van der Waals surface area contributed by atoms with Crippen LogP contribution in [-0.4, -0.2) is 59.2 Å². The van der Waals surface area contributed by atoms with E-state index >= 15 is 0 Å². The number of anilines is 2. The van der Waals surface area contributed by atoms with E-state index in [0.29, 0.717) is 5.95 Å². The minimum atomic E-state index is 0.653. The molecule has 0 N–H and O–H groups in total. The molecule has 0 saturated carbocycles. The van der Waals surface area contributed by atoms with Gasteiger partial charge in [-0.3, -0.25) is 0 Å². The number of hydrogen-bond donors (Lipinski definition) is 0. The van der Waals surface area contributed by atoms with Gasteiger partial charge in [0, 0.05) is 41.3 Å². The van der Waals surface area contributed by atoms with Gasteiger partial charge in [0.05, 0.1) is 0 Å². The van der Waals surface area contributed by atoms with Gasteiger partial charge in [-0.1, -0.05) is 11.8 Å². The van der Waals surface area contributed by atoms with E-state index in [0.717, 1.165) is 22.5 Å². The molecule has 2 aromatic rings. The van der Waals surface area contributed by atoms with E-state index in [2.05, 4.69) is 20.2 Å². The fourth-order valence-electron chi connectivity index (χ4n) is 1.68. The maximum absolute atomic E-state index is 4.55. The predicted molar refractivity (Wildman–Crippen MR) is 82.5 cm³/mol. The van der Waals surface area contributed by atoms with Gasteiger partial charge >= 0.3 is 0 Å². The zero-order valence-electron chi connectivity index (χ0n) is 12.6. The molecule has 0 aliphatic rings. The molecular weight excluding hydrogens is 274 g/mol. The first-order valence-corrected chi connectivity index (χ1v) is 7.34. The highest BCUT2D eigenvalue weighted by molar-refractivity contribution is 7.98. The van der Waals surface area contributed by atoms with E-state index in [9.17, 15) is 0 Å². The van der Waals surface area contributed by atoms with E-state index in [1.54, 1.807) is 11.8 Å². The Balaban J connectivity index is 2.57. The van der Waals surface area contributed by atoms with Gasteiger partial charge in [0.15, 0.2) is 11.0 Å². The molecule has 2 rings (SSSR count). The Morgan fingerprint density at radius 1 is 1.05 bits per heavy atom. The van der Waals surface area contributed by atoms with Crippen LogP contribution in [0.4, 0.5) is 11.8 Å². The largest absolute Gasteiger partial charge is 0.363 e. The fourth-order valence-corrected chi connectivity index (χ4v) is 2.16. The average Bonchev–Trinajstić information content (AvgIpc) is 2.79. The SMILES string of the molecule is CSc1nnc(-c2cc(N(C)C)nc(N(C)C)n2)n1C. The Kier molecular flexibility index (Phi) is 4.12. The Morgan fingerprint density at radius 2 is 1.75 bits per heavy atom. The van der Waals surface area contributed by atoms with Gasteiger partial charge in [0.1, 0.15) is 11.5 Å². The highest BCUT2D eigenvalue weighted by atomic mass is 32.2. The van der Waals surface area contributed by atoms with Crippen molar-refractivity contribution in [3.63, 3.8) is 0 Å². The van der Waals surface area contributed by atoms with Crippen LogP contribution in [0.15, 0.2) is 11.2 Å². The van der Waals surface area contributed by atoms with Crippen LogP contribution in [0.2, 0.25) is 0 Å². The van der Waals surface area contributed by atoms with Crippen LogP contribution >= 0.6 is 11.8 Å². The zero-order chi connectivity index (χ0) is 14.9. The van der Waals surface area contributed by atoms with E-state index in [1.165, 1.54) is 0 Å². The topological polar surface area (TPSA) is 63.0 Å². The highest BCUT2D eigenvalue weighted by Crippen LogP contribution is 2.24. The summed E-state index contributed by atoms with van der Waals surface area (Å²) >= 11 is 1.56. The van der Waals surface area contributed by atoms with E-state index in [4.69, 9.17) is 0 Å². The number of hydrogen-bond acceptors (Lipinski definition) is 7. The molecule has 0 amide bonds. The molecule has 20 heavy (non-hydrogen) atoms. The van der Waals surface area contributed by atoms with Crippen LogP contribution in [0.25, 0.3) is 11.5 Å². The molecule has 7 nitrogen and oxygen atoms in total. The lowest BCUT2D eigenvalue weighted by atomic mass is 10.3. The smallest absolute Gasteiger partial charge is 0.227 e. The monoisotopic (exact) mass is 293 g/mol. The standard InChI is InChI=1S/C12H19N7S/c1-17(2)9-7-8(13-11(14-9)18(3)4)10-15-16-12(20-6)19(10)5/h7H,1-6H3. The highest BCUT2D eigenvalue weighted by Gasteiger charge is 2.15. The van der Waals surface area contributed by atoms with Crippen LogP contribution in [0.3, 0.4) is 0 Å². The van der Waals surface area contributed by atoms with Crippen molar-refractivity contribution in [3.05, 3.63) is 6.07 Å². The van der Waals surface area contributed by atoms with Gasteiger partial charge in [-0.25, -0.2) is 4.98 Å². The Labute approximate surface area is 123 Å². The lowest BCUT2D eigenvalue weighted by molar-refractivity contribution is 0.793. The Bertz CT molecular complexity index is 580. The molecule has 0 atom stereocenters. The quantitative estimate of drug-likeness (QED) is 0.783. The van der Waals surface area contributed by atoms with Crippen molar-refractivity contribution in [2.75, 3.05) is 44.2 Å². The van der Waals surface area contributed by atoms with Gasteiger partial charge in [-0.2, -0.15) is 4.98 Å². The van der Waals surface area contributed by atoms with Gasteiger partial charge in [-0.15, -0.1) is 10.2 Å². The lowest BCUT2D eigenvalue weighted by Crippen LogP contribution is -2.17. The number of aromatic nitrogens is 5. The summed E-state index contributed by atoms with van der Waals surface area (Å²) in [4.78, 5) is 12.9. The summed E-state index contributed by atoms with van der Waals surface area (Å²) in [5.41, 5.74) is 0.766. The third-order valence-electron chi connectivity index (χ3n) is 2.81. The Morgan fingerprint density at radius 3 is 2.25 bits per heavy atom. The second-order valence-corrected chi connectivity index (χ2v) is 5.54. The van der Waals surface area contributed by atoms with Gasteiger partial charge in [-0.05, 0) is 6.26 Å². The minimum absolute atomic E-state index is 0.653. The summed E-state index contributed by atoms with van der Waals surface area (Å²) < 4.78 is 1.94. The molecule has 0 unspecified atom stereocenters. The number of thioether (sulfide) groups is 1. The van der Waals surface area contributed by atoms with Crippen molar-refractivity contribution < 1.29 is 0 Å². The third kappa shape index (κ3) is 2.69. The Hall–Kier alpha value is -1.83. The molecule has 0 saturated heterocycles. The first-order valence-electron chi connectivity index (χ1n) is 6.11. The summed E-state index contributed by atoms with van der Waals surface area (Å²) in [7, 11) is 9.68. The van der Waals surface area contributed by atoms with Crippen LogP contribution in [0.1, 0.15) is 0 Å².